The number of nitrogens with zero attached hydrogens (tertiary/aromatic N) is 3. The van der Waals surface area contributed by atoms with Gasteiger partial charge in [-0.1, -0.05) is 91.0 Å². The summed E-state index contributed by atoms with van der Waals surface area (Å²) < 4.78 is 3.55. The fourth-order valence-electron chi connectivity index (χ4n) is 5.79. The molecule has 8 rings (SSSR count). The van der Waals surface area contributed by atoms with Crippen LogP contribution in [-0.4, -0.2) is 14.5 Å². The van der Waals surface area contributed by atoms with Crippen LogP contribution in [0.15, 0.2) is 133 Å². The van der Waals surface area contributed by atoms with Crippen molar-refractivity contribution in [1.82, 2.24) is 14.5 Å². The average Bonchev–Trinajstić information content (AvgIpc) is 3.59. The standard InChI is InChI=1S/C37H25N3S/c1-24-19-21-29-28-15-10-16-30(35(28)41-37(29)38-24)36-39-32-17-8-9-18-34(32)40(36)33-22-20-27(25-11-4-2-5-12-25)23-31(33)26-13-6-3-7-14-26/h2-23H,1H3. The van der Waals surface area contributed by atoms with Gasteiger partial charge in [0.15, 0.2) is 0 Å². The number of aryl methyl sites for hydroxylation is 1. The molecule has 0 N–H and O–H groups in total. The second-order valence-electron chi connectivity index (χ2n) is 10.3. The van der Waals surface area contributed by atoms with E-state index in [9.17, 15) is 0 Å². The Balaban J connectivity index is 1.44. The van der Waals surface area contributed by atoms with Crippen LogP contribution in [0.4, 0.5) is 0 Å². The van der Waals surface area contributed by atoms with E-state index in [4.69, 9.17) is 9.97 Å². The summed E-state index contributed by atoms with van der Waals surface area (Å²) in [6.45, 7) is 2.05. The van der Waals surface area contributed by atoms with Gasteiger partial charge in [-0.05, 0) is 66.1 Å². The van der Waals surface area contributed by atoms with Crippen molar-refractivity contribution in [2.45, 2.75) is 6.92 Å². The van der Waals surface area contributed by atoms with E-state index >= 15 is 0 Å². The van der Waals surface area contributed by atoms with E-state index in [0.29, 0.717) is 0 Å². The molecule has 3 nitrogen and oxygen atoms in total. The van der Waals surface area contributed by atoms with Crippen LogP contribution in [-0.2, 0) is 0 Å². The quantitative estimate of drug-likeness (QED) is 0.221. The molecule has 0 aliphatic heterocycles. The fraction of sp³-hybridized carbons (Fsp3) is 0.0270. The molecule has 0 fully saturated rings. The Morgan fingerprint density at radius 1 is 0.561 bits per heavy atom. The number of thiophene rings is 1. The van der Waals surface area contributed by atoms with Crippen LogP contribution < -0.4 is 0 Å². The van der Waals surface area contributed by atoms with Crippen molar-refractivity contribution in [1.29, 1.82) is 0 Å². The Morgan fingerprint density at radius 2 is 1.32 bits per heavy atom. The lowest BCUT2D eigenvalue weighted by molar-refractivity contribution is 1.11. The number of para-hydroxylation sites is 2. The summed E-state index contributed by atoms with van der Waals surface area (Å²) in [5.41, 5.74) is 10.0. The summed E-state index contributed by atoms with van der Waals surface area (Å²) in [5, 5.41) is 2.41. The molecule has 3 aromatic heterocycles. The SMILES string of the molecule is Cc1ccc2c(n1)sc1c(-c3nc4ccccc4n3-c3ccc(-c4ccccc4)cc3-c3ccccc3)cccc12. The zero-order valence-electron chi connectivity index (χ0n) is 22.5. The first-order chi connectivity index (χ1) is 20.2. The highest BCUT2D eigenvalue weighted by Crippen LogP contribution is 2.42. The molecule has 0 saturated carbocycles. The van der Waals surface area contributed by atoms with Crippen molar-refractivity contribution in [2.75, 3.05) is 0 Å². The maximum atomic E-state index is 5.26. The zero-order valence-corrected chi connectivity index (χ0v) is 23.3. The number of rotatable bonds is 4. The largest absolute Gasteiger partial charge is 0.292 e. The Labute approximate surface area is 242 Å². The fourth-order valence-corrected chi connectivity index (χ4v) is 7.02. The Morgan fingerprint density at radius 3 is 2.15 bits per heavy atom. The van der Waals surface area contributed by atoms with Gasteiger partial charge >= 0.3 is 0 Å². The molecule has 0 unspecified atom stereocenters. The van der Waals surface area contributed by atoms with Gasteiger partial charge in [0.25, 0.3) is 0 Å². The topological polar surface area (TPSA) is 30.7 Å². The predicted octanol–water partition coefficient (Wildman–Crippen LogP) is 10.1. The summed E-state index contributed by atoms with van der Waals surface area (Å²) in [6.07, 6.45) is 0. The predicted molar refractivity (Wildman–Crippen MR) is 173 cm³/mol. The van der Waals surface area contributed by atoms with Crippen molar-refractivity contribution in [2.24, 2.45) is 0 Å². The molecule has 0 amide bonds. The van der Waals surface area contributed by atoms with Crippen molar-refractivity contribution >= 4 is 42.7 Å². The van der Waals surface area contributed by atoms with Crippen molar-refractivity contribution in [3.05, 3.63) is 139 Å². The summed E-state index contributed by atoms with van der Waals surface area (Å²) in [6, 6.07) is 47.3. The van der Waals surface area contributed by atoms with E-state index in [-0.39, 0.29) is 0 Å². The Bertz CT molecular complexity index is 2210. The molecule has 5 aromatic carbocycles. The summed E-state index contributed by atoms with van der Waals surface area (Å²) in [4.78, 5) is 11.2. The smallest absolute Gasteiger partial charge is 0.147 e. The van der Waals surface area contributed by atoms with Crippen molar-refractivity contribution in [3.8, 4) is 39.3 Å². The van der Waals surface area contributed by atoms with Crippen LogP contribution in [0.25, 0.3) is 70.7 Å². The molecule has 0 radical (unpaired) electrons. The highest BCUT2D eigenvalue weighted by Gasteiger charge is 2.21. The highest BCUT2D eigenvalue weighted by molar-refractivity contribution is 7.26. The molecule has 0 aliphatic rings. The lowest BCUT2D eigenvalue weighted by Gasteiger charge is -2.17. The minimum Gasteiger partial charge on any atom is -0.292 e. The second kappa shape index (κ2) is 9.54. The molecule has 0 bridgehead atoms. The molecule has 0 saturated heterocycles. The number of hydrogen-bond acceptors (Lipinski definition) is 3. The van der Waals surface area contributed by atoms with Crippen LogP contribution in [0.2, 0.25) is 0 Å². The van der Waals surface area contributed by atoms with E-state index in [1.165, 1.54) is 32.2 Å². The molecule has 3 heterocycles. The molecule has 0 aliphatic carbocycles. The van der Waals surface area contributed by atoms with E-state index in [1.807, 2.05) is 6.92 Å². The lowest BCUT2D eigenvalue weighted by Crippen LogP contribution is -2.01. The van der Waals surface area contributed by atoms with Crippen LogP contribution in [0.3, 0.4) is 0 Å². The average molecular weight is 544 g/mol. The van der Waals surface area contributed by atoms with Gasteiger partial charge in [-0.25, -0.2) is 9.97 Å². The minimum atomic E-state index is 0.935. The molecule has 8 aromatic rings. The van der Waals surface area contributed by atoms with Gasteiger partial charge in [-0.3, -0.25) is 4.57 Å². The third-order valence-electron chi connectivity index (χ3n) is 7.73. The molecule has 194 valence electrons. The third kappa shape index (κ3) is 3.95. The zero-order chi connectivity index (χ0) is 27.3. The molecule has 0 atom stereocenters. The van der Waals surface area contributed by atoms with E-state index in [1.54, 1.807) is 11.3 Å². The summed E-state index contributed by atoms with van der Waals surface area (Å²) in [7, 11) is 0. The summed E-state index contributed by atoms with van der Waals surface area (Å²) in [5.74, 6) is 0.935. The maximum Gasteiger partial charge on any atom is 0.147 e. The molecule has 4 heteroatoms. The van der Waals surface area contributed by atoms with Crippen molar-refractivity contribution < 1.29 is 0 Å². The first-order valence-corrected chi connectivity index (χ1v) is 14.6. The van der Waals surface area contributed by atoms with Gasteiger partial charge in [0.2, 0.25) is 0 Å². The van der Waals surface area contributed by atoms with Gasteiger partial charge in [0.05, 0.1) is 16.7 Å². The lowest BCUT2D eigenvalue weighted by atomic mass is 9.97. The normalized spacial score (nSPS) is 11.5. The maximum absolute atomic E-state index is 5.26. The number of imidazole rings is 1. The molecule has 41 heavy (non-hydrogen) atoms. The van der Waals surface area contributed by atoms with Crippen LogP contribution in [0.1, 0.15) is 5.69 Å². The number of hydrogen-bond donors (Lipinski definition) is 0. The summed E-state index contributed by atoms with van der Waals surface area (Å²) >= 11 is 1.75. The first-order valence-electron chi connectivity index (χ1n) is 13.8. The monoisotopic (exact) mass is 543 g/mol. The van der Waals surface area contributed by atoms with Gasteiger partial charge < -0.3 is 0 Å². The van der Waals surface area contributed by atoms with Crippen LogP contribution in [0, 0.1) is 6.92 Å². The number of pyridine rings is 1. The van der Waals surface area contributed by atoms with Crippen LogP contribution in [0.5, 0.6) is 0 Å². The minimum absolute atomic E-state index is 0.935. The van der Waals surface area contributed by atoms with Gasteiger partial charge in [0, 0.05) is 32.3 Å². The molecular formula is C37H25N3S. The van der Waals surface area contributed by atoms with Crippen LogP contribution >= 0.6 is 11.3 Å². The third-order valence-corrected chi connectivity index (χ3v) is 8.88. The molecule has 0 spiro atoms. The highest BCUT2D eigenvalue weighted by atomic mass is 32.1. The van der Waals surface area contributed by atoms with Gasteiger partial charge in [0.1, 0.15) is 10.7 Å². The molecular weight excluding hydrogens is 518 g/mol. The van der Waals surface area contributed by atoms with Crippen molar-refractivity contribution in [3.63, 3.8) is 0 Å². The van der Waals surface area contributed by atoms with E-state index in [0.717, 1.165) is 44.2 Å². The second-order valence-corrected chi connectivity index (χ2v) is 11.3. The number of benzene rings is 5. The Hall–Kier alpha value is -5.06. The first kappa shape index (κ1) is 23.8. The van der Waals surface area contributed by atoms with Gasteiger partial charge in [-0.2, -0.15) is 0 Å². The van der Waals surface area contributed by atoms with E-state index < -0.39 is 0 Å². The van der Waals surface area contributed by atoms with E-state index in [2.05, 4.69) is 138 Å². The Kier molecular flexibility index (Phi) is 5.54. The van der Waals surface area contributed by atoms with Gasteiger partial charge in [-0.15, -0.1) is 11.3 Å². The number of fused-ring (bicyclic) bond motifs is 4. The number of aromatic nitrogens is 3.